The molecule has 9 rings (SSSR count). The number of piperidine rings is 3. The molecule has 1 N–H and O–H groups in total. The summed E-state index contributed by atoms with van der Waals surface area (Å²) in [6.07, 6.45) is 8.59. The van der Waals surface area contributed by atoms with Crippen molar-refractivity contribution in [2.45, 2.75) is 63.8 Å². The molecule has 4 amide bonds. The van der Waals surface area contributed by atoms with E-state index in [2.05, 4.69) is 15.3 Å². The molecule has 4 aromatic carbocycles. The maximum absolute atomic E-state index is 15.6. The van der Waals surface area contributed by atoms with Crippen molar-refractivity contribution >= 4 is 51.0 Å². The van der Waals surface area contributed by atoms with E-state index in [1.54, 1.807) is 60.6 Å². The third-order valence-electron chi connectivity index (χ3n) is 13.4. The van der Waals surface area contributed by atoms with E-state index in [9.17, 15) is 23.4 Å². The van der Waals surface area contributed by atoms with Gasteiger partial charge in [0.2, 0.25) is 11.8 Å². The molecule has 5 aromatic rings. The summed E-state index contributed by atoms with van der Waals surface area (Å²) >= 11 is 0. The van der Waals surface area contributed by atoms with Gasteiger partial charge in [0.05, 0.1) is 54.8 Å². The predicted octanol–water partition coefficient (Wildman–Crippen LogP) is 8.02. The van der Waals surface area contributed by atoms with Crippen molar-refractivity contribution in [1.82, 2.24) is 24.9 Å². The number of benzene rings is 4. The van der Waals surface area contributed by atoms with Gasteiger partial charge < -0.3 is 19.1 Å². The van der Waals surface area contributed by atoms with E-state index < -0.39 is 34.6 Å². The van der Waals surface area contributed by atoms with Crippen molar-refractivity contribution in [1.29, 1.82) is 0 Å². The highest BCUT2D eigenvalue weighted by Gasteiger charge is 2.44. The number of anilines is 1. The third kappa shape index (κ3) is 10.7. The summed E-state index contributed by atoms with van der Waals surface area (Å²) in [5, 5.41) is 7.45. The number of carbonyl (C=O) groups is 4. The number of imide groups is 2. The fraction of sp³-hybridized carbons (Fsp3) is 0.431. The second-order valence-electron chi connectivity index (χ2n) is 17.9. The van der Waals surface area contributed by atoms with Crippen LogP contribution in [0.2, 0.25) is 0 Å². The summed E-state index contributed by atoms with van der Waals surface area (Å²) in [5.74, 6) is -1.03. The Labute approximate surface area is 397 Å². The maximum Gasteiger partial charge on any atom is 0.285 e. The second-order valence-corrected chi connectivity index (χ2v) is 19.3. The van der Waals surface area contributed by atoms with Gasteiger partial charge in [-0.05, 0) is 130 Å². The van der Waals surface area contributed by atoms with Crippen LogP contribution in [-0.2, 0) is 33.4 Å². The molecule has 3 saturated heterocycles. The van der Waals surface area contributed by atoms with Gasteiger partial charge in [-0.3, -0.25) is 43.2 Å². The van der Waals surface area contributed by atoms with Crippen LogP contribution in [-0.4, -0.2) is 106 Å². The summed E-state index contributed by atoms with van der Waals surface area (Å²) in [6.45, 7) is 4.59. The quantitative estimate of drug-likeness (QED) is 0.108. The number of methoxy groups -OCH3 is 1. The van der Waals surface area contributed by atoms with E-state index in [0.29, 0.717) is 90.5 Å². The molecule has 3 fully saturated rings. The summed E-state index contributed by atoms with van der Waals surface area (Å²) in [4.78, 5) is 54.3. The van der Waals surface area contributed by atoms with Crippen molar-refractivity contribution in [3.8, 4) is 23.0 Å². The van der Waals surface area contributed by atoms with Gasteiger partial charge in [0, 0.05) is 72.8 Å². The molecule has 2 unspecified atom stereocenters. The van der Waals surface area contributed by atoms with E-state index in [1.807, 2.05) is 49.2 Å². The molecule has 0 spiro atoms. The Balaban J connectivity index is 0.000000709. The third-order valence-corrected chi connectivity index (χ3v) is 14.2. The van der Waals surface area contributed by atoms with Gasteiger partial charge >= 0.3 is 0 Å². The number of halogens is 2. The summed E-state index contributed by atoms with van der Waals surface area (Å²) in [7, 11) is 2.08. The van der Waals surface area contributed by atoms with Crippen LogP contribution < -0.4 is 24.4 Å². The molecule has 0 radical (unpaired) electrons. The zero-order valence-electron chi connectivity index (χ0n) is 38.9. The Bertz CT molecular complexity index is 2660. The summed E-state index contributed by atoms with van der Waals surface area (Å²) in [5.41, 5.74) is 2.98. The lowest BCUT2D eigenvalue weighted by Gasteiger charge is -2.41. The Morgan fingerprint density at radius 3 is 2.15 bits per heavy atom. The average Bonchev–Trinajstić information content (AvgIpc) is 3.82. The smallest absolute Gasteiger partial charge is 0.285 e. The zero-order chi connectivity index (χ0) is 48.1. The average molecular weight is 953 g/mol. The van der Waals surface area contributed by atoms with Gasteiger partial charge in [0.1, 0.15) is 11.5 Å². The molecule has 68 heavy (non-hydrogen) atoms. The molecule has 2 atom stereocenters. The highest BCUT2D eigenvalue weighted by molar-refractivity contribution is 7.84. The van der Waals surface area contributed by atoms with Gasteiger partial charge in [-0.2, -0.15) is 13.9 Å². The number of ether oxygens (including phenoxy) is 3. The monoisotopic (exact) mass is 952 g/mol. The Morgan fingerprint density at radius 1 is 0.838 bits per heavy atom. The minimum Gasteiger partial charge on any atom is -0.493 e. The number of fused-ring (bicyclic) bond motifs is 2. The molecular formula is C51H58F2N6O8S. The van der Waals surface area contributed by atoms with Crippen LogP contribution in [0.25, 0.3) is 10.9 Å². The standard InChI is InChI=1S/C46H51F2N5O6S.C5H7NO2/c1-5-58-42-25-32(10-16-41(42)57-3)40(28-60(4)56)53-44(54)37-7-6-8-38(43(37)45(53)55)52-23-19-31(20-24-52)30-17-21-51(22-18-30)29-46(47,48)34-11-14-35(15-12-34)59-36-13-9-33-27-49-50(2)39(33)26-36;7-4-2-1-3-5(8)6-4/h6-16,25-27,30-31,40H,5,17-24,28-29H2,1-4H3;1-3H2,(H,6,7,8). The minimum atomic E-state index is -3.01. The fourth-order valence-electron chi connectivity index (χ4n) is 9.89. The number of nitrogens with zero attached hydrogens (tertiary/aromatic N) is 5. The van der Waals surface area contributed by atoms with Gasteiger partial charge in [-0.25, -0.2) is 0 Å². The minimum absolute atomic E-state index is 0.0329. The highest BCUT2D eigenvalue weighted by atomic mass is 32.2. The van der Waals surface area contributed by atoms with Crippen LogP contribution in [0.5, 0.6) is 23.0 Å². The molecule has 360 valence electrons. The molecule has 1 aromatic heterocycles. The molecule has 0 aliphatic carbocycles. The number of aromatic nitrogens is 2. The molecule has 0 saturated carbocycles. The number of amides is 4. The number of rotatable bonds is 14. The van der Waals surface area contributed by atoms with Crippen molar-refractivity contribution in [2.24, 2.45) is 18.9 Å². The van der Waals surface area contributed by atoms with Crippen LogP contribution >= 0.6 is 0 Å². The van der Waals surface area contributed by atoms with Gasteiger partial charge in [0.25, 0.3) is 17.7 Å². The maximum atomic E-state index is 15.6. The van der Waals surface area contributed by atoms with Crippen molar-refractivity contribution in [2.75, 3.05) is 63.3 Å². The van der Waals surface area contributed by atoms with Crippen molar-refractivity contribution in [3.05, 3.63) is 107 Å². The number of aryl methyl sites for hydroxylation is 1. The van der Waals surface area contributed by atoms with E-state index in [-0.39, 0.29) is 29.7 Å². The normalized spacial score (nSPS) is 18.2. The first-order valence-electron chi connectivity index (χ1n) is 23.2. The van der Waals surface area contributed by atoms with Crippen LogP contribution in [0.15, 0.2) is 85.1 Å². The molecule has 4 aliphatic rings. The predicted molar refractivity (Wildman–Crippen MR) is 255 cm³/mol. The van der Waals surface area contributed by atoms with Crippen LogP contribution in [0.4, 0.5) is 14.5 Å². The SMILES string of the molecule is CCOc1cc(C(CS(C)=O)N2C(=O)c3cccc(N4CCC(C5CCN(CC(F)(F)c6ccc(Oc7ccc8cnn(C)c8c7)cc6)CC5)CC4)c3C2=O)ccc1OC.O=C1CCCC(=O)N1. The first-order chi connectivity index (χ1) is 32.7. The number of nitrogens with one attached hydrogen (secondary N) is 1. The topological polar surface area (TPSA) is 153 Å². The van der Waals surface area contributed by atoms with Crippen molar-refractivity contribution < 1.29 is 46.4 Å². The second kappa shape index (κ2) is 21.0. The lowest BCUT2D eigenvalue weighted by Crippen LogP contribution is -2.44. The number of hydrogen-bond donors (Lipinski definition) is 1. The lowest BCUT2D eigenvalue weighted by atomic mass is 9.78. The lowest BCUT2D eigenvalue weighted by molar-refractivity contribution is -0.133. The number of hydrogen-bond acceptors (Lipinski definition) is 11. The molecule has 14 nitrogen and oxygen atoms in total. The number of likely N-dealkylation sites (tertiary alicyclic amines) is 1. The fourth-order valence-corrected chi connectivity index (χ4v) is 10.7. The first kappa shape index (κ1) is 48.3. The van der Waals surface area contributed by atoms with Crippen LogP contribution in [0, 0.1) is 11.8 Å². The van der Waals surface area contributed by atoms with Crippen LogP contribution in [0.1, 0.15) is 89.8 Å². The Hall–Kier alpha value is -6.20. The summed E-state index contributed by atoms with van der Waals surface area (Å²) in [6, 6.07) is 21.7. The number of alkyl halides is 2. The first-order valence-corrected chi connectivity index (χ1v) is 24.9. The van der Waals surface area contributed by atoms with E-state index in [4.69, 9.17) is 14.2 Å². The van der Waals surface area contributed by atoms with E-state index >= 15 is 8.78 Å². The van der Waals surface area contributed by atoms with E-state index in [0.717, 1.165) is 55.4 Å². The summed E-state index contributed by atoms with van der Waals surface area (Å²) < 4.78 is 62.8. The van der Waals surface area contributed by atoms with Gasteiger partial charge in [0.15, 0.2) is 11.5 Å². The van der Waals surface area contributed by atoms with E-state index in [1.165, 1.54) is 17.0 Å². The number of carbonyl (C=O) groups excluding carboxylic acids is 4. The Morgan fingerprint density at radius 2 is 1.51 bits per heavy atom. The molecule has 4 aliphatic heterocycles. The van der Waals surface area contributed by atoms with Gasteiger partial charge in [-0.15, -0.1) is 0 Å². The molecule has 0 bridgehead atoms. The van der Waals surface area contributed by atoms with Crippen LogP contribution in [0.3, 0.4) is 0 Å². The zero-order valence-corrected chi connectivity index (χ0v) is 39.7. The van der Waals surface area contributed by atoms with Crippen molar-refractivity contribution in [3.63, 3.8) is 0 Å². The molecule has 5 heterocycles. The molecule has 17 heteroatoms. The van der Waals surface area contributed by atoms with Gasteiger partial charge in [-0.1, -0.05) is 12.1 Å². The highest BCUT2D eigenvalue weighted by Crippen LogP contribution is 2.42. The Kier molecular flexibility index (Phi) is 14.9. The molecular weight excluding hydrogens is 895 g/mol. The largest absolute Gasteiger partial charge is 0.493 e.